The van der Waals surface area contributed by atoms with E-state index < -0.39 is 0 Å². The molecule has 0 bridgehead atoms. The van der Waals surface area contributed by atoms with Gasteiger partial charge in [-0.25, -0.2) is 14.5 Å². The van der Waals surface area contributed by atoms with Crippen LogP contribution in [0.25, 0.3) is 5.65 Å². The Bertz CT molecular complexity index is 1180. The van der Waals surface area contributed by atoms with Gasteiger partial charge in [0.2, 0.25) is 0 Å². The Hall–Kier alpha value is -2.91. The highest BCUT2D eigenvalue weighted by Crippen LogP contribution is 2.30. The molecule has 35 heavy (non-hydrogen) atoms. The van der Waals surface area contributed by atoms with Crippen LogP contribution in [-0.2, 0) is 0 Å². The average Bonchev–Trinajstić information content (AvgIpc) is 3.54. The monoisotopic (exact) mass is 496 g/mol. The standard InChI is InChI=1S/C25H33ClN8O/c1-15(2)13-28-16-3-5-18(6-4-16)31-23-12-20(30-17-7-8-17)24-29-14-21(34(24)33-23)25(35)32-19-9-10-27-22(26)11-19/h9-12,14-18,28,30H,3-8,13H2,1-2H3,(H,31,33)(H,27,32,35)/t16-,18-. The van der Waals surface area contributed by atoms with Crippen molar-refractivity contribution in [2.45, 2.75) is 70.5 Å². The summed E-state index contributed by atoms with van der Waals surface area (Å²) in [4.78, 5) is 21.5. The van der Waals surface area contributed by atoms with Crippen molar-refractivity contribution in [1.82, 2.24) is 24.9 Å². The molecule has 0 radical (unpaired) electrons. The smallest absolute Gasteiger partial charge is 0.276 e. The fraction of sp³-hybridized carbons (Fsp3) is 0.520. The van der Waals surface area contributed by atoms with E-state index in [1.807, 2.05) is 6.07 Å². The van der Waals surface area contributed by atoms with Crippen LogP contribution in [0.2, 0.25) is 5.15 Å². The summed E-state index contributed by atoms with van der Waals surface area (Å²) >= 11 is 5.96. The summed E-state index contributed by atoms with van der Waals surface area (Å²) in [5.41, 5.74) is 2.46. The van der Waals surface area contributed by atoms with Crippen LogP contribution in [0.4, 0.5) is 17.2 Å². The first kappa shape index (κ1) is 23.8. The maximum atomic E-state index is 13.1. The van der Waals surface area contributed by atoms with Gasteiger partial charge in [0.1, 0.15) is 11.0 Å². The number of pyridine rings is 1. The van der Waals surface area contributed by atoms with Crippen molar-refractivity contribution in [1.29, 1.82) is 0 Å². The van der Waals surface area contributed by atoms with E-state index in [4.69, 9.17) is 16.7 Å². The van der Waals surface area contributed by atoms with Gasteiger partial charge in [0.15, 0.2) is 11.3 Å². The van der Waals surface area contributed by atoms with E-state index in [2.05, 4.69) is 45.1 Å². The summed E-state index contributed by atoms with van der Waals surface area (Å²) in [6, 6.07) is 6.71. The molecule has 0 spiro atoms. The van der Waals surface area contributed by atoms with Gasteiger partial charge in [-0.3, -0.25) is 4.79 Å². The molecular weight excluding hydrogens is 464 g/mol. The molecule has 186 valence electrons. The molecule has 3 aromatic rings. The van der Waals surface area contributed by atoms with Gasteiger partial charge in [-0.05, 0) is 63.1 Å². The molecule has 5 rings (SSSR count). The van der Waals surface area contributed by atoms with Crippen molar-refractivity contribution < 1.29 is 4.79 Å². The molecule has 3 aromatic heterocycles. The van der Waals surface area contributed by atoms with Gasteiger partial charge >= 0.3 is 0 Å². The lowest BCUT2D eigenvalue weighted by molar-refractivity contribution is 0.102. The quantitative estimate of drug-likeness (QED) is 0.321. The van der Waals surface area contributed by atoms with Crippen molar-refractivity contribution >= 4 is 40.3 Å². The van der Waals surface area contributed by atoms with Crippen molar-refractivity contribution in [3.63, 3.8) is 0 Å². The number of hydrogen-bond donors (Lipinski definition) is 4. The highest BCUT2D eigenvalue weighted by atomic mass is 35.5. The second-order valence-electron chi connectivity index (χ2n) is 10.1. The summed E-state index contributed by atoms with van der Waals surface area (Å²) in [5.74, 6) is 1.10. The third-order valence-corrected chi connectivity index (χ3v) is 6.72. The zero-order chi connectivity index (χ0) is 24.4. The molecule has 2 aliphatic rings. The Balaban J connectivity index is 1.34. The van der Waals surface area contributed by atoms with Gasteiger partial charge in [0, 0.05) is 36.1 Å². The summed E-state index contributed by atoms with van der Waals surface area (Å²) < 4.78 is 1.63. The molecule has 4 N–H and O–H groups in total. The highest BCUT2D eigenvalue weighted by molar-refractivity contribution is 6.29. The van der Waals surface area contributed by atoms with Gasteiger partial charge < -0.3 is 21.3 Å². The first-order valence-electron chi connectivity index (χ1n) is 12.5. The predicted octanol–water partition coefficient (Wildman–Crippen LogP) is 4.57. The number of hydrogen-bond acceptors (Lipinski definition) is 7. The van der Waals surface area contributed by atoms with Crippen LogP contribution >= 0.6 is 11.6 Å². The normalized spacial score (nSPS) is 20.2. The number of imidazole rings is 1. The first-order valence-corrected chi connectivity index (χ1v) is 12.9. The van der Waals surface area contributed by atoms with E-state index in [1.165, 1.54) is 0 Å². The number of carbonyl (C=O) groups is 1. The van der Waals surface area contributed by atoms with E-state index in [-0.39, 0.29) is 5.91 Å². The minimum Gasteiger partial charge on any atom is -0.379 e. The maximum absolute atomic E-state index is 13.1. The van der Waals surface area contributed by atoms with Gasteiger partial charge in [0.25, 0.3) is 5.91 Å². The van der Waals surface area contributed by atoms with E-state index >= 15 is 0 Å². The number of rotatable bonds is 9. The van der Waals surface area contributed by atoms with E-state index in [1.54, 1.807) is 29.0 Å². The van der Waals surface area contributed by atoms with Gasteiger partial charge in [-0.1, -0.05) is 25.4 Å². The number of nitrogens with one attached hydrogen (secondary N) is 4. The molecule has 3 heterocycles. The molecule has 0 saturated heterocycles. The van der Waals surface area contributed by atoms with E-state index in [0.717, 1.165) is 56.6 Å². The molecule has 0 unspecified atom stereocenters. The Morgan fingerprint density at radius 1 is 1.06 bits per heavy atom. The Morgan fingerprint density at radius 2 is 1.77 bits per heavy atom. The molecule has 9 nitrogen and oxygen atoms in total. The SMILES string of the molecule is CC(C)CN[C@H]1CC[C@H](Nc2cc(NC3CC3)c3ncc(C(=O)Nc4ccnc(Cl)c4)n3n2)CC1. The largest absolute Gasteiger partial charge is 0.379 e. The van der Waals surface area contributed by atoms with Crippen molar-refractivity contribution in [2.24, 2.45) is 5.92 Å². The van der Waals surface area contributed by atoms with Crippen LogP contribution in [0.3, 0.4) is 0 Å². The summed E-state index contributed by atoms with van der Waals surface area (Å²) in [5, 5.41) is 18.8. The van der Waals surface area contributed by atoms with Crippen LogP contribution in [0.5, 0.6) is 0 Å². The van der Waals surface area contributed by atoms with Crippen molar-refractivity contribution in [2.75, 3.05) is 22.5 Å². The van der Waals surface area contributed by atoms with Crippen LogP contribution in [0.15, 0.2) is 30.6 Å². The fourth-order valence-electron chi connectivity index (χ4n) is 4.48. The number of halogens is 1. The zero-order valence-electron chi connectivity index (χ0n) is 20.2. The van der Waals surface area contributed by atoms with E-state index in [9.17, 15) is 4.79 Å². The highest BCUT2D eigenvalue weighted by Gasteiger charge is 2.26. The lowest BCUT2D eigenvalue weighted by Crippen LogP contribution is -2.38. The van der Waals surface area contributed by atoms with Gasteiger partial charge in [-0.2, -0.15) is 0 Å². The minimum atomic E-state index is -0.307. The number of aromatic nitrogens is 4. The molecule has 2 saturated carbocycles. The second kappa shape index (κ2) is 10.4. The Morgan fingerprint density at radius 3 is 2.49 bits per heavy atom. The topological polar surface area (TPSA) is 108 Å². The molecule has 2 aliphatic carbocycles. The predicted molar refractivity (Wildman–Crippen MR) is 139 cm³/mol. The molecule has 2 fully saturated rings. The first-order chi connectivity index (χ1) is 16.9. The van der Waals surface area contributed by atoms with Crippen molar-refractivity contribution in [3.05, 3.63) is 41.4 Å². The average molecular weight is 497 g/mol. The number of anilines is 3. The molecule has 0 aliphatic heterocycles. The Labute approximate surface area is 210 Å². The molecular formula is C25H33ClN8O. The lowest BCUT2D eigenvalue weighted by atomic mass is 9.91. The van der Waals surface area contributed by atoms with E-state index in [0.29, 0.717) is 46.2 Å². The maximum Gasteiger partial charge on any atom is 0.276 e. The van der Waals surface area contributed by atoms with Crippen LogP contribution in [0, 0.1) is 5.92 Å². The molecule has 10 heteroatoms. The van der Waals surface area contributed by atoms with Gasteiger partial charge in [0.05, 0.1) is 11.9 Å². The molecule has 0 atom stereocenters. The lowest BCUT2D eigenvalue weighted by Gasteiger charge is -2.30. The second-order valence-corrected chi connectivity index (χ2v) is 10.4. The summed E-state index contributed by atoms with van der Waals surface area (Å²) in [7, 11) is 0. The number of fused-ring (bicyclic) bond motifs is 1. The Kier molecular flexibility index (Phi) is 7.06. The fourth-order valence-corrected chi connectivity index (χ4v) is 4.65. The third kappa shape index (κ3) is 6.02. The number of carbonyl (C=O) groups excluding carboxylic acids is 1. The molecule has 1 amide bonds. The number of amides is 1. The molecule has 0 aromatic carbocycles. The van der Waals surface area contributed by atoms with Crippen LogP contribution in [-0.4, -0.2) is 50.2 Å². The third-order valence-electron chi connectivity index (χ3n) is 6.52. The van der Waals surface area contributed by atoms with Crippen molar-refractivity contribution in [3.8, 4) is 0 Å². The van der Waals surface area contributed by atoms with Crippen LogP contribution < -0.4 is 21.3 Å². The number of nitrogens with zero attached hydrogens (tertiary/aromatic N) is 4. The van der Waals surface area contributed by atoms with Crippen LogP contribution in [0.1, 0.15) is 62.9 Å². The minimum absolute atomic E-state index is 0.307. The van der Waals surface area contributed by atoms with Gasteiger partial charge in [-0.15, -0.1) is 5.10 Å². The zero-order valence-corrected chi connectivity index (χ0v) is 21.0. The summed E-state index contributed by atoms with van der Waals surface area (Å²) in [6.45, 7) is 5.55. The summed E-state index contributed by atoms with van der Waals surface area (Å²) in [6.07, 6.45) is 9.86.